The number of nitrogens with two attached hydrogens (primary N) is 1. The van der Waals surface area contributed by atoms with Gasteiger partial charge in [-0.2, -0.15) is 13.2 Å². The Bertz CT molecular complexity index is 1110. The third kappa shape index (κ3) is 6.06. The monoisotopic (exact) mass is 417 g/mol. The molecule has 0 aliphatic rings. The Hall–Kier alpha value is -3.88. The number of nitrogens with one attached hydrogen (secondary N) is 2. The van der Waals surface area contributed by atoms with Crippen molar-refractivity contribution in [2.75, 3.05) is 5.32 Å². The van der Waals surface area contributed by atoms with Crippen molar-refractivity contribution in [2.24, 2.45) is 5.73 Å². The lowest BCUT2D eigenvalue weighted by atomic mass is 10.0. The molecule has 0 aliphatic heterocycles. The first-order valence-corrected chi connectivity index (χ1v) is 8.53. The van der Waals surface area contributed by atoms with Gasteiger partial charge in [0.2, 0.25) is 0 Å². The Labute approximate surface area is 169 Å². The van der Waals surface area contributed by atoms with Crippen molar-refractivity contribution in [2.45, 2.75) is 13.1 Å². The van der Waals surface area contributed by atoms with Crippen LogP contribution in [0.25, 0.3) is 10.8 Å². The molecule has 3 aromatic carbocycles. The maximum atomic E-state index is 12.4. The predicted molar refractivity (Wildman–Crippen MR) is 108 cm³/mol. The number of halogens is 3. The number of aryl methyl sites for hydroxylation is 1. The van der Waals surface area contributed by atoms with Crippen LogP contribution >= 0.6 is 0 Å². The van der Waals surface area contributed by atoms with Gasteiger partial charge in [-0.25, -0.2) is 4.79 Å². The van der Waals surface area contributed by atoms with E-state index in [2.05, 4.69) is 5.32 Å². The molecule has 5 N–H and O–H groups in total. The van der Waals surface area contributed by atoms with Gasteiger partial charge < -0.3 is 16.2 Å². The fourth-order valence-electron chi connectivity index (χ4n) is 2.48. The first kappa shape index (κ1) is 22.4. The quantitative estimate of drug-likeness (QED) is 0.375. The summed E-state index contributed by atoms with van der Waals surface area (Å²) in [5.74, 6) is -2.87. The van der Waals surface area contributed by atoms with Gasteiger partial charge in [-0.1, -0.05) is 30.3 Å². The fraction of sp³-hybridized carbons (Fsp3) is 0.0952. The van der Waals surface area contributed by atoms with Crippen LogP contribution < -0.4 is 11.1 Å². The smallest absolute Gasteiger partial charge is 0.475 e. The number of hydrogen-bond acceptors (Lipinski definition) is 3. The van der Waals surface area contributed by atoms with Gasteiger partial charge in [0.15, 0.2) is 0 Å². The summed E-state index contributed by atoms with van der Waals surface area (Å²) in [5.41, 5.74) is 8.64. The molecule has 0 atom stereocenters. The minimum atomic E-state index is -5.08. The van der Waals surface area contributed by atoms with E-state index < -0.39 is 12.1 Å². The number of amides is 1. The molecule has 3 aromatic rings. The van der Waals surface area contributed by atoms with Crippen molar-refractivity contribution in [3.8, 4) is 0 Å². The van der Waals surface area contributed by atoms with Crippen LogP contribution in [0.5, 0.6) is 0 Å². The fourth-order valence-corrected chi connectivity index (χ4v) is 2.48. The van der Waals surface area contributed by atoms with Crippen molar-refractivity contribution in [1.82, 2.24) is 0 Å². The molecule has 0 aromatic heterocycles. The molecule has 3 rings (SSSR count). The number of alkyl halides is 3. The van der Waals surface area contributed by atoms with E-state index in [1.165, 1.54) is 0 Å². The van der Waals surface area contributed by atoms with Crippen LogP contribution in [0.2, 0.25) is 0 Å². The maximum absolute atomic E-state index is 12.4. The second-order valence-corrected chi connectivity index (χ2v) is 6.32. The van der Waals surface area contributed by atoms with Crippen molar-refractivity contribution in [3.63, 3.8) is 0 Å². The molecule has 6 nitrogen and oxygen atoms in total. The Kier molecular flexibility index (Phi) is 6.78. The van der Waals surface area contributed by atoms with Gasteiger partial charge in [0.05, 0.1) is 0 Å². The number of anilines is 1. The zero-order chi connectivity index (χ0) is 22.5. The molecule has 0 bridgehead atoms. The van der Waals surface area contributed by atoms with Crippen LogP contribution in [0.15, 0.2) is 60.7 Å². The van der Waals surface area contributed by atoms with E-state index in [0.29, 0.717) is 11.1 Å². The number of aliphatic carboxylic acids is 1. The van der Waals surface area contributed by atoms with Crippen LogP contribution in [0.3, 0.4) is 0 Å². The van der Waals surface area contributed by atoms with Crippen LogP contribution in [0.4, 0.5) is 18.9 Å². The largest absolute Gasteiger partial charge is 0.490 e. The molecule has 156 valence electrons. The lowest BCUT2D eigenvalue weighted by molar-refractivity contribution is -0.192. The molecule has 0 unspecified atom stereocenters. The topological polar surface area (TPSA) is 116 Å². The maximum Gasteiger partial charge on any atom is 0.490 e. The van der Waals surface area contributed by atoms with E-state index in [4.69, 9.17) is 21.0 Å². The van der Waals surface area contributed by atoms with Crippen LogP contribution in [-0.2, 0) is 4.79 Å². The number of rotatable bonds is 3. The normalized spacial score (nSPS) is 10.7. The molecule has 30 heavy (non-hydrogen) atoms. The zero-order valence-electron chi connectivity index (χ0n) is 15.7. The van der Waals surface area contributed by atoms with Crippen LogP contribution in [0.1, 0.15) is 21.5 Å². The average molecular weight is 417 g/mol. The van der Waals surface area contributed by atoms with E-state index in [0.717, 1.165) is 22.0 Å². The van der Waals surface area contributed by atoms with Gasteiger partial charge in [0.25, 0.3) is 5.91 Å². The van der Waals surface area contributed by atoms with Crippen molar-refractivity contribution in [3.05, 3.63) is 77.4 Å². The number of benzene rings is 3. The van der Waals surface area contributed by atoms with Crippen molar-refractivity contribution < 1.29 is 27.9 Å². The molecule has 0 spiro atoms. The van der Waals surface area contributed by atoms with E-state index >= 15 is 0 Å². The number of fused-ring (bicyclic) bond motifs is 1. The minimum Gasteiger partial charge on any atom is -0.475 e. The highest BCUT2D eigenvalue weighted by Gasteiger charge is 2.38. The molecule has 1 amide bonds. The summed E-state index contributed by atoms with van der Waals surface area (Å²) >= 11 is 0. The van der Waals surface area contributed by atoms with Gasteiger partial charge in [-0.3, -0.25) is 10.2 Å². The van der Waals surface area contributed by atoms with Crippen molar-refractivity contribution >= 4 is 34.2 Å². The number of amidine groups is 1. The lowest BCUT2D eigenvalue weighted by Gasteiger charge is -2.08. The summed E-state index contributed by atoms with van der Waals surface area (Å²) in [4.78, 5) is 21.3. The predicted octanol–water partition coefficient (Wildman–Crippen LogP) is 4.32. The first-order chi connectivity index (χ1) is 14.0. The van der Waals surface area contributed by atoms with Gasteiger partial charge in [-0.15, -0.1) is 0 Å². The zero-order valence-corrected chi connectivity index (χ0v) is 15.7. The van der Waals surface area contributed by atoms with E-state index in [9.17, 15) is 18.0 Å². The second kappa shape index (κ2) is 9.08. The van der Waals surface area contributed by atoms with E-state index in [-0.39, 0.29) is 11.7 Å². The van der Waals surface area contributed by atoms with Gasteiger partial charge in [0, 0.05) is 16.8 Å². The molecule has 9 heteroatoms. The third-order valence-electron chi connectivity index (χ3n) is 3.93. The van der Waals surface area contributed by atoms with Crippen molar-refractivity contribution in [1.29, 1.82) is 5.41 Å². The summed E-state index contributed by atoms with van der Waals surface area (Å²) in [7, 11) is 0. The van der Waals surface area contributed by atoms with E-state index in [1.807, 2.05) is 55.5 Å². The molecule has 0 aliphatic carbocycles. The SMILES string of the molecule is Cc1cccc(NC(=O)c2ccc3cc(C(=N)N)ccc3c2)c1.O=C(O)C(F)(F)F. The Morgan fingerprint density at radius 2 is 1.50 bits per heavy atom. The summed E-state index contributed by atoms with van der Waals surface area (Å²) in [5, 5.41) is 19.4. The number of hydrogen-bond donors (Lipinski definition) is 4. The van der Waals surface area contributed by atoms with Crippen LogP contribution in [0, 0.1) is 12.3 Å². The summed E-state index contributed by atoms with van der Waals surface area (Å²) < 4.78 is 31.7. The van der Waals surface area contributed by atoms with Gasteiger partial charge >= 0.3 is 12.1 Å². The highest BCUT2D eigenvalue weighted by molar-refractivity contribution is 6.07. The summed E-state index contributed by atoms with van der Waals surface area (Å²) in [6.07, 6.45) is -5.08. The molecule has 0 fully saturated rings. The molecule has 0 saturated heterocycles. The highest BCUT2D eigenvalue weighted by atomic mass is 19.4. The number of carboxylic acid groups (broad SMARTS) is 1. The molecular formula is C21H18F3N3O3. The van der Waals surface area contributed by atoms with Crippen LogP contribution in [-0.4, -0.2) is 29.0 Å². The minimum absolute atomic E-state index is 0.0353. The Morgan fingerprint density at radius 3 is 2.00 bits per heavy atom. The molecular weight excluding hydrogens is 399 g/mol. The number of carbonyl (C=O) groups is 2. The average Bonchev–Trinajstić information content (AvgIpc) is 2.66. The Morgan fingerprint density at radius 1 is 0.967 bits per heavy atom. The number of carbonyl (C=O) groups excluding carboxylic acids is 1. The lowest BCUT2D eigenvalue weighted by Crippen LogP contribution is -2.21. The second-order valence-electron chi connectivity index (χ2n) is 6.32. The highest BCUT2D eigenvalue weighted by Crippen LogP contribution is 2.19. The standard InChI is InChI=1S/C19H17N3O.C2HF3O2/c1-12-3-2-4-17(9-12)22-19(23)16-8-6-13-10-15(18(20)21)7-5-14(13)11-16;3-2(4,5)1(6)7/h2-11H,1H3,(H3,20,21)(H,22,23);(H,6,7). The summed E-state index contributed by atoms with van der Waals surface area (Å²) in [6, 6.07) is 18.7. The summed E-state index contributed by atoms with van der Waals surface area (Å²) in [6.45, 7) is 1.98. The number of carboxylic acids is 1. The third-order valence-corrected chi connectivity index (χ3v) is 3.93. The number of nitrogen functional groups attached to an aromatic ring is 1. The van der Waals surface area contributed by atoms with Gasteiger partial charge in [-0.05, 0) is 53.6 Å². The van der Waals surface area contributed by atoms with E-state index in [1.54, 1.807) is 12.1 Å². The molecule has 0 radical (unpaired) electrons. The van der Waals surface area contributed by atoms with Gasteiger partial charge in [0.1, 0.15) is 5.84 Å². The first-order valence-electron chi connectivity index (χ1n) is 8.53. The Balaban J connectivity index is 0.000000396. The molecule has 0 saturated carbocycles. The molecule has 0 heterocycles.